The van der Waals surface area contributed by atoms with Crippen LogP contribution in [0.3, 0.4) is 0 Å². The summed E-state index contributed by atoms with van der Waals surface area (Å²) in [7, 11) is 1.33. The van der Waals surface area contributed by atoms with Crippen molar-refractivity contribution in [2.45, 2.75) is 58.7 Å². The van der Waals surface area contributed by atoms with E-state index in [4.69, 9.17) is 9.47 Å². The molecular weight excluding hydrogens is 236 g/mol. The van der Waals surface area contributed by atoms with Crippen LogP contribution in [0.5, 0.6) is 0 Å². The Hall–Kier alpha value is -1.10. The Bertz CT molecular complexity index is 273. The Morgan fingerprint density at radius 2 is 1.83 bits per heavy atom. The van der Waals surface area contributed by atoms with Gasteiger partial charge in [-0.3, -0.25) is 4.79 Å². The molecule has 0 bridgehead atoms. The highest BCUT2D eigenvalue weighted by Crippen LogP contribution is 2.20. The van der Waals surface area contributed by atoms with E-state index in [-0.39, 0.29) is 5.97 Å². The van der Waals surface area contributed by atoms with Crippen molar-refractivity contribution in [3.05, 3.63) is 0 Å². The molecule has 0 aromatic rings. The van der Waals surface area contributed by atoms with Crippen LogP contribution < -0.4 is 0 Å². The van der Waals surface area contributed by atoms with Crippen LogP contribution in [0.25, 0.3) is 0 Å². The van der Waals surface area contributed by atoms with Crippen molar-refractivity contribution in [3.63, 3.8) is 0 Å². The van der Waals surface area contributed by atoms with E-state index in [0.717, 1.165) is 0 Å². The van der Waals surface area contributed by atoms with Crippen molar-refractivity contribution >= 4 is 11.9 Å². The molecule has 5 heteroatoms. The molecule has 0 saturated carbocycles. The third kappa shape index (κ3) is 6.59. The topological polar surface area (TPSA) is 61.8 Å². The second-order valence-corrected chi connectivity index (χ2v) is 4.59. The van der Waals surface area contributed by atoms with Crippen LogP contribution in [0.15, 0.2) is 0 Å². The van der Waals surface area contributed by atoms with Crippen LogP contribution in [0, 0.1) is 0 Å². The Morgan fingerprint density at radius 1 is 1.22 bits per heavy atom. The van der Waals surface area contributed by atoms with Crippen LogP contribution in [0.4, 0.5) is 0 Å². The van der Waals surface area contributed by atoms with Gasteiger partial charge in [-0.25, -0.2) is 4.79 Å². The minimum absolute atomic E-state index is 0.244. The number of ether oxygens (including phenoxy) is 3. The smallest absolute Gasteiger partial charge is 0.334 e. The molecule has 0 aliphatic rings. The molecule has 0 aromatic heterocycles. The molecule has 0 spiro atoms. The summed E-state index contributed by atoms with van der Waals surface area (Å²) in [6.45, 7) is 7.64. The molecule has 0 saturated heterocycles. The maximum Gasteiger partial charge on any atom is 0.334 e. The number of methoxy groups -OCH3 is 1. The molecule has 106 valence electrons. The molecule has 0 rings (SSSR count). The quantitative estimate of drug-likeness (QED) is 0.625. The van der Waals surface area contributed by atoms with Crippen LogP contribution >= 0.6 is 0 Å². The summed E-state index contributed by atoms with van der Waals surface area (Å²) in [4.78, 5) is 22.7. The first-order valence-corrected chi connectivity index (χ1v) is 6.27. The van der Waals surface area contributed by atoms with Gasteiger partial charge in [-0.1, -0.05) is 6.92 Å². The minimum Gasteiger partial charge on any atom is -0.467 e. The number of esters is 2. The van der Waals surface area contributed by atoms with Gasteiger partial charge in [0.15, 0.2) is 6.10 Å². The van der Waals surface area contributed by atoms with E-state index in [2.05, 4.69) is 4.74 Å². The Balaban J connectivity index is 4.32. The van der Waals surface area contributed by atoms with Gasteiger partial charge in [0.2, 0.25) is 0 Å². The molecule has 0 amide bonds. The normalized spacial score (nSPS) is 12.9. The summed E-state index contributed by atoms with van der Waals surface area (Å²) >= 11 is 0. The molecule has 1 atom stereocenters. The number of carbonyl (C=O) groups is 2. The summed E-state index contributed by atoms with van der Waals surface area (Å²) in [5.41, 5.74) is -0.601. The van der Waals surface area contributed by atoms with Gasteiger partial charge in [-0.15, -0.1) is 0 Å². The van der Waals surface area contributed by atoms with Gasteiger partial charge < -0.3 is 14.2 Å². The van der Waals surface area contributed by atoms with Gasteiger partial charge in [0.1, 0.15) is 5.60 Å². The predicted octanol–water partition coefficient (Wildman–Crippen LogP) is 2.08. The summed E-state index contributed by atoms with van der Waals surface area (Å²) in [5, 5.41) is 0. The van der Waals surface area contributed by atoms with Gasteiger partial charge in [-0.05, 0) is 33.6 Å². The van der Waals surface area contributed by atoms with Crippen molar-refractivity contribution in [1.82, 2.24) is 0 Å². The zero-order valence-corrected chi connectivity index (χ0v) is 11.9. The fourth-order valence-corrected chi connectivity index (χ4v) is 1.51. The second-order valence-electron chi connectivity index (χ2n) is 4.59. The molecule has 0 fully saturated rings. The van der Waals surface area contributed by atoms with Crippen molar-refractivity contribution in [1.29, 1.82) is 0 Å². The highest BCUT2D eigenvalue weighted by Gasteiger charge is 2.27. The molecule has 5 nitrogen and oxygen atoms in total. The van der Waals surface area contributed by atoms with E-state index in [1.54, 1.807) is 6.92 Å². The fraction of sp³-hybridized carbons (Fsp3) is 0.846. The fourth-order valence-electron chi connectivity index (χ4n) is 1.51. The largest absolute Gasteiger partial charge is 0.467 e. The Morgan fingerprint density at radius 3 is 2.28 bits per heavy atom. The van der Waals surface area contributed by atoms with Gasteiger partial charge in [0.25, 0.3) is 0 Å². The van der Waals surface area contributed by atoms with Crippen molar-refractivity contribution in [2.75, 3.05) is 13.7 Å². The third-order valence-electron chi connectivity index (χ3n) is 2.52. The first-order chi connectivity index (χ1) is 8.36. The molecular formula is C13H24O5. The summed E-state index contributed by atoms with van der Waals surface area (Å²) in [6.07, 6.45) is 0.748. The lowest BCUT2D eigenvalue weighted by molar-refractivity contribution is -0.159. The van der Waals surface area contributed by atoms with Crippen molar-refractivity contribution in [2.24, 2.45) is 0 Å². The summed E-state index contributed by atoms with van der Waals surface area (Å²) in [6, 6.07) is 0. The molecule has 0 aliphatic carbocycles. The first kappa shape index (κ1) is 16.9. The number of carbonyl (C=O) groups excluding carboxylic acids is 2. The zero-order chi connectivity index (χ0) is 14.2. The van der Waals surface area contributed by atoms with Gasteiger partial charge in [0, 0.05) is 13.0 Å². The highest BCUT2D eigenvalue weighted by molar-refractivity contribution is 5.74. The van der Waals surface area contributed by atoms with Crippen LogP contribution in [-0.2, 0) is 23.8 Å². The monoisotopic (exact) mass is 260 g/mol. The third-order valence-corrected chi connectivity index (χ3v) is 2.52. The molecule has 0 aromatic carbocycles. The highest BCUT2D eigenvalue weighted by atomic mass is 16.6. The van der Waals surface area contributed by atoms with E-state index in [1.807, 2.05) is 20.8 Å². The molecule has 18 heavy (non-hydrogen) atoms. The van der Waals surface area contributed by atoms with Crippen LogP contribution in [-0.4, -0.2) is 37.4 Å². The maximum atomic E-state index is 11.4. The van der Waals surface area contributed by atoms with E-state index in [9.17, 15) is 9.59 Å². The van der Waals surface area contributed by atoms with E-state index >= 15 is 0 Å². The minimum atomic E-state index is -0.601. The number of hydrogen-bond acceptors (Lipinski definition) is 5. The lowest BCUT2D eigenvalue weighted by Gasteiger charge is -2.26. The van der Waals surface area contributed by atoms with E-state index in [1.165, 1.54) is 7.11 Å². The molecule has 0 N–H and O–H groups in total. The molecule has 1 unspecified atom stereocenters. The average molecular weight is 260 g/mol. The lowest BCUT2D eigenvalue weighted by atomic mass is 10.00. The predicted molar refractivity (Wildman–Crippen MR) is 67.1 cm³/mol. The van der Waals surface area contributed by atoms with Crippen LogP contribution in [0.1, 0.15) is 47.0 Å². The van der Waals surface area contributed by atoms with E-state index < -0.39 is 17.7 Å². The Labute approximate surface area is 109 Å². The van der Waals surface area contributed by atoms with Crippen molar-refractivity contribution < 1.29 is 23.8 Å². The molecule has 0 aliphatic heterocycles. The first-order valence-electron chi connectivity index (χ1n) is 6.27. The summed E-state index contributed by atoms with van der Waals surface area (Å²) < 4.78 is 15.2. The Kier molecular flexibility index (Phi) is 7.59. The SMILES string of the molecule is CCOC(CCC(C)(C)OC(=O)CC)C(=O)OC. The lowest BCUT2D eigenvalue weighted by Crippen LogP contribution is -2.32. The van der Waals surface area contributed by atoms with Gasteiger partial charge >= 0.3 is 11.9 Å². The average Bonchev–Trinajstić information content (AvgIpc) is 2.32. The van der Waals surface area contributed by atoms with Gasteiger partial charge in [0.05, 0.1) is 7.11 Å². The van der Waals surface area contributed by atoms with Crippen molar-refractivity contribution in [3.8, 4) is 0 Å². The molecule has 0 heterocycles. The molecule has 0 radical (unpaired) electrons. The standard InChI is InChI=1S/C13H24O5/c1-6-11(14)18-13(3,4)9-8-10(17-7-2)12(15)16-5/h10H,6-9H2,1-5H3. The summed E-state index contributed by atoms with van der Waals surface area (Å²) in [5.74, 6) is -0.638. The number of hydrogen-bond donors (Lipinski definition) is 0. The van der Waals surface area contributed by atoms with Gasteiger partial charge in [-0.2, -0.15) is 0 Å². The number of rotatable bonds is 8. The van der Waals surface area contributed by atoms with Crippen LogP contribution in [0.2, 0.25) is 0 Å². The maximum absolute atomic E-state index is 11.4. The van der Waals surface area contributed by atoms with E-state index in [0.29, 0.717) is 25.9 Å². The zero-order valence-electron chi connectivity index (χ0n) is 11.9. The second kappa shape index (κ2) is 8.08.